The van der Waals surface area contributed by atoms with Gasteiger partial charge in [-0.05, 0) is 72.8 Å². The van der Waals surface area contributed by atoms with Gasteiger partial charge >= 0.3 is 5.97 Å². The molecule has 0 radical (unpaired) electrons. The van der Waals surface area contributed by atoms with Gasteiger partial charge in [0.15, 0.2) is 11.4 Å². The third-order valence-corrected chi connectivity index (χ3v) is 13.1. The topological polar surface area (TPSA) is 104 Å². The van der Waals surface area contributed by atoms with E-state index in [1.54, 1.807) is 12.2 Å². The maximum atomic E-state index is 14.1. The van der Waals surface area contributed by atoms with E-state index >= 15 is 0 Å². The van der Waals surface area contributed by atoms with Crippen LogP contribution < -0.4 is 0 Å². The van der Waals surface area contributed by atoms with Crippen LogP contribution >= 0.6 is 11.8 Å². The van der Waals surface area contributed by atoms with Gasteiger partial charge in [-0.2, -0.15) is 5.26 Å². The van der Waals surface area contributed by atoms with Crippen molar-refractivity contribution in [3.63, 3.8) is 0 Å². The molecule has 0 aliphatic heterocycles. The van der Waals surface area contributed by atoms with Gasteiger partial charge in [0.1, 0.15) is 0 Å². The summed E-state index contributed by atoms with van der Waals surface area (Å²) in [5, 5.41) is 19.4. The minimum Gasteiger partial charge on any atom is -0.504 e. The van der Waals surface area contributed by atoms with Gasteiger partial charge in [-0.15, -0.1) is 0 Å². The van der Waals surface area contributed by atoms with Gasteiger partial charge in [0.2, 0.25) is 10.9 Å². The van der Waals surface area contributed by atoms with Gasteiger partial charge in [-0.1, -0.05) is 65.8 Å². The summed E-state index contributed by atoms with van der Waals surface area (Å²) >= 11 is 0.985. The molecule has 0 amide bonds. The quantitative estimate of drug-likeness (QED) is 0.426. The van der Waals surface area contributed by atoms with E-state index in [9.17, 15) is 24.8 Å². The van der Waals surface area contributed by atoms with Crippen LogP contribution in [0.3, 0.4) is 0 Å². The highest BCUT2D eigenvalue weighted by molar-refractivity contribution is 8.14. The molecule has 38 heavy (non-hydrogen) atoms. The van der Waals surface area contributed by atoms with Gasteiger partial charge < -0.3 is 9.84 Å². The number of rotatable bonds is 4. The first kappa shape index (κ1) is 27.5. The lowest BCUT2D eigenvalue weighted by Gasteiger charge is -2.58. The number of ketones is 1. The molecule has 0 aromatic heterocycles. The summed E-state index contributed by atoms with van der Waals surface area (Å²) in [5.41, 5.74) is -1.56. The fraction of sp³-hybridized carbons (Fsp3) is 0.742. The molecule has 4 fully saturated rings. The standard InChI is InChI=1S/C31H41NO5S/c1-17-14-21-19-9-8-18-15-22(33)23(34)16-29(18,6)20(19)10-11-30(21,7)31(17,26(36)38-13-12-32)37-25(35)24-27(2,3)28(24,4)5/h15-17,19-21,24,34H,8-11,13-14H2,1-7H3/t17-,19-,20+,21+,29+,30+,31+/m1/s1. The van der Waals surface area contributed by atoms with Crippen LogP contribution in [0.5, 0.6) is 0 Å². The summed E-state index contributed by atoms with van der Waals surface area (Å²) in [6, 6.07) is 2.08. The zero-order chi connectivity index (χ0) is 28.1. The van der Waals surface area contributed by atoms with E-state index in [1.807, 2.05) is 6.92 Å². The molecule has 7 atom stereocenters. The number of aliphatic hydroxyl groups is 1. The number of hydrogen-bond donors (Lipinski definition) is 1. The Balaban J connectivity index is 1.53. The second-order valence-electron chi connectivity index (χ2n) is 14.1. The highest BCUT2D eigenvalue weighted by Crippen LogP contribution is 2.72. The summed E-state index contributed by atoms with van der Waals surface area (Å²) in [6.45, 7) is 14.6. The van der Waals surface area contributed by atoms with Crippen LogP contribution in [0.4, 0.5) is 0 Å². The van der Waals surface area contributed by atoms with E-state index in [4.69, 9.17) is 4.74 Å². The van der Waals surface area contributed by atoms with Crippen molar-refractivity contribution >= 4 is 28.6 Å². The highest BCUT2D eigenvalue weighted by Gasteiger charge is 2.74. The van der Waals surface area contributed by atoms with Gasteiger partial charge in [0.25, 0.3) is 0 Å². The highest BCUT2D eigenvalue weighted by atomic mass is 32.2. The smallest absolute Gasteiger partial charge is 0.311 e. The zero-order valence-corrected chi connectivity index (χ0v) is 24.5. The minimum atomic E-state index is -1.28. The van der Waals surface area contributed by atoms with Crippen molar-refractivity contribution in [2.75, 3.05) is 5.75 Å². The molecule has 6 nitrogen and oxygen atoms in total. The molecule has 0 aromatic carbocycles. The van der Waals surface area contributed by atoms with Crippen molar-refractivity contribution in [1.29, 1.82) is 5.26 Å². The Labute approximate surface area is 230 Å². The fourth-order valence-corrected chi connectivity index (χ4v) is 10.4. The number of aliphatic hydroxyl groups excluding tert-OH is 1. The number of carbonyl (C=O) groups is 3. The number of ether oxygens (including phenoxy) is 1. The lowest BCUT2D eigenvalue weighted by atomic mass is 9.47. The Morgan fingerprint density at radius 3 is 2.39 bits per heavy atom. The van der Waals surface area contributed by atoms with Gasteiger partial charge in [0.05, 0.1) is 17.7 Å². The zero-order valence-electron chi connectivity index (χ0n) is 23.7. The third-order valence-electron chi connectivity index (χ3n) is 12.3. The number of hydrogen-bond acceptors (Lipinski definition) is 7. The predicted octanol–water partition coefficient (Wildman–Crippen LogP) is 6.17. The summed E-state index contributed by atoms with van der Waals surface area (Å²) in [4.78, 5) is 40.1. The Kier molecular flexibility index (Phi) is 6.12. The maximum Gasteiger partial charge on any atom is 0.311 e. The molecule has 5 aliphatic carbocycles. The van der Waals surface area contributed by atoms with Crippen molar-refractivity contribution in [3.05, 3.63) is 23.5 Å². The first-order valence-corrected chi connectivity index (χ1v) is 15.0. The van der Waals surface area contributed by atoms with Crippen LogP contribution in [0, 0.1) is 62.6 Å². The second kappa shape index (κ2) is 8.46. The molecular weight excluding hydrogens is 498 g/mol. The molecule has 0 heterocycles. The van der Waals surface area contributed by atoms with Crippen LogP contribution in [0.25, 0.3) is 0 Å². The van der Waals surface area contributed by atoms with Crippen LogP contribution in [-0.2, 0) is 19.1 Å². The summed E-state index contributed by atoms with van der Waals surface area (Å²) in [7, 11) is 0. The van der Waals surface area contributed by atoms with Crippen molar-refractivity contribution in [2.24, 2.45) is 51.2 Å². The monoisotopic (exact) mass is 539 g/mol. The number of nitrogens with zero attached hydrogens (tertiary/aromatic N) is 1. The SMILES string of the molecule is C[C@@H]1C[C@H]2[C@@H]3CCC4=CC(=O)C(O)=C[C@]4(C)[C@H]3CC[C@]2(C)[C@@]1(OC(=O)C1C(C)(C)C1(C)C)C(=O)SCC#N. The number of esters is 1. The molecule has 5 aliphatic rings. The molecule has 206 valence electrons. The normalized spacial score (nSPS) is 42.5. The van der Waals surface area contributed by atoms with Crippen molar-refractivity contribution in [3.8, 4) is 6.07 Å². The molecule has 7 heteroatoms. The number of thioether (sulfide) groups is 1. The van der Waals surface area contributed by atoms with E-state index in [0.717, 1.165) is 43.0 Å². The molecule has 4 saturated carbocycles. The van der Waals surface area contributed by atoms with Crippen molar-refractivity contribution in [2.45, 2.75) is 86.2 Å². The largest absolute Gasteiger partial charge is 0.504 e. The van der Waals surface area contributed by atoms with E-state index in [2.05, 4.69) is 47.6 Å². The molecular formula is C31H41NO5S. The summed E-state index contributed by atoms with van der Waals surface area (Å²) in [6.07, 6.45) is 7.37. The number of fused-ring (bicyclic) bond motifs is 5. The van der Waals surface area contributed by atoms with Crippen LogP contribution in [-0.4, -0.2) is 33.3 Å². The lowest BCUT2D eigenvalue weighted by Crippen LogP contribution is -2.60. The first-order valence-electron chi connectivity index (χ1n) is 14.0. The number of allylic oxidation sites excluding steroid dienone is 3. The fourth-order valence-electron chi connectivity index (χ4n) is 9.51. The average Bonchev–Trinajstić information content (AvgIpc) is 3.12. The maximum absolute atomic E-state index is 14.1. The number of nitriles is 1. The second-order valence-corrected chi connectivity index (χ2v) is 15.1. The molecule has 0 spiro atoms. The summed E-state index contributed by atoms with van der Waals surface area (Å²) < 4.78 is 6.55. The van der Waals surface area contributed by atoms with Gasteiger partial charge in [-0.3, -0.25) is 14.4 Å². The van der Waals surface area contributed by atoms with Crippen LogP contribution in [0.15, 0.2) is 23.5 Å². The Morgan fingerprint density at radius 2 is 1.79 bits per heavy atom. The average molecular weight is 540 g/mol. The Hall–Kier alpha value is -2.07. The minimum absolute atomic E-state index is 0.0302. The van der Waals surface area contributed by atoms with Crippen LogP contribution in [0.2, 0.25) is 0 Å². The van der Waals surface area contributed by atoms with E-state index in [0.29, 0.717) is 6.42 Å². The van der Waals surface area contributed by atoms with Crippen molar-refractivity contribution in [1.82, 2.24) is 0 Å². The Bertz CT molecular complexity index is 1200. The van der Waals surface area contributed by atoms with E-state index in [-0.39, 0.29) is 68.8 Å². The molecule has 1 N–H and O–H groups in total. The molecule has 0 aromatic rings. The summed E-state index contributed by atoms with van der Waals surface area (Å²) in [5.74, 6) is -0.539. The number of carbonyl (C=O) groups excluding carboxylic acids is 3. The molecule has 0 saturated heterocycles. The molecule has 5 rings (SSSR count). The van der Waals surface area contributed by atoms with Gasteiger partial charge in [0, 0.05) is 16.7 Å². The van der Waals surface area contributed by atoms with Crippen LogP contribution in [0.1, 0.15) is 80.6 Å². The third kappa shape index (κ3) is 3.34. The first-order chi connectivity index (χ1) is 17.6. The van der Waals surface area contributed by atoms with Crippen molar-refractivity contribution < 1.29 is 24.2 Å². The Morgan fingerprint density at radius 1 is 1.13 bits per heavy atom. The van der Waals surface area contributed by atoms with Gasteiger partial charge in [-0.25, -0.2) is 0 Å². The predicted molar refractivity (Wildman–Crippen MR) is 146 cm³/mol. The lowest BCUT2D eigenvalue weighted by molar-refractivity contribution is -0.192. The van der Waals surface area contributed by atoms with E-state index in [1.165, 1.54) is 0 Å². The molecule has 0 unspecified atom stereocenters. The molecule has 0 bridgehead atoms. The van der Waals surface area contributed by atoms with E-state index < -0.39 is 16.4 Å².